The van der Waals surface area contributed by atoms with Crippen LogP contribution in [0.2, 0.25) is 5.02 Å². The number of piperidine rings is 1. The number of nitrogens with one attached hydrogen (secondary N) is 2. The van der Waals surface area contributed by atoms with E-state index in [0.717, 1.165) is 0 Å². The number of carbonyl (C=O) groups excluding carboxylic acids is 2. The summed E-state index contributed by atoms with van der Waals surface area (Å²) >= 11 is 6.11. The van der Waals surface area contributed by atoms with Gasteiger partial charge < -0.3 is 20.1 Å². The average molecular weight is 611 g/mol. The Kier molecular flexibility index (Phi) is 7.68. The van der Waals surface area contributed by atoms with Gasteiger partial charge in [-0.3, -0.25) is 15.1 Å². The number of amides is 2. The molecule has 2 amide bonds. The number of aromatic nitrogens is 1. The van der Waals surface area contributed by atoms with Gasteiger partial charge in [-0.15, -0.1) is 0 Å². The van der Waals surface area contributed by atoms with Gasteiger partial charge in [0.05, 0.1) is 34.4 Å². The fourth-order valence-corrected chi connectivity index (χ4v) is 6.57. The number of pyridine rings is 1. The van der Waals surface area contributed by atoms with E-state index in [9.17, 15) is 23.9 Å². The predicted octanol–water partition coefficient (Wildman–Crippen LogP) is 6.28. The maximum atomic E-state index is 15.4. The number of benzene rings is 2. The van der Waals surface area contributed by atoms with Crippen molar-refractivity contribution in [2.24, 2.45) is 0 Å². The van der Waals surface area contributed by atoms with Gasteiger partial charge in [0.2, 0.25) is 5.91 Å². The van der Waals surface area contributed by atoms with Crippen molar-refractivity contribution >= 4 is 40.9 Å². The number of carboxylic acids is 1. The van der Waals surface area contributed by atoms with Gasteiger partial charge in [0.25, 0.3) is 0 Å². The van der Waals surface area contributed by atoms with Crippen LogP contribution in [-0.4, -0.2) is 52.1 Å². The molecule has 2 bridgehead atoms. The number of nitrogens with zero attached hydrogens (tertiary/aromatic N) is 2. The lowest BCUT2D eigenvalue weighted by molar-refractivity contribution is -0.141. The molecular formula is C31H29ClF2N4O5. The monoisotopic (exact) mass is 610 g/mol. The number of hydrogen-bond acceptors (Lipinski definition) is 6. The molecule has 2 aromatic carbocycles. The molecule has 1 spiro atoms. The number of aliphatic carboxylic acids is 1. The molecule has 3 aliphatic rings. The molecule has 1 unspecified atom stereocenters. The standard InChI is InChI=1S/C31H29ClF2N4O5/c32-21-7-9-23-26(27(21)34)31(43-30(42)37-23)11-3-13-38(16-31)28(39)19-4-1-2-5-24(29(40)41)36-22-8-6-18(33)15-20(22)17-10-12-35-25(19)14-17/h6-10,12,14-15,19,24,36H,1-5,11,13,16H2,(H,37,42)(H,40,41)/t19-,24?,31-/m0/s1. The zero-order valence-electron chi connectivity index (χ0n) is 23.0. The SMILES string of the molecule is O=C1Nc2ccc(Cl)c(F)c2[C@@]2(CCCN(C(=O)[C@H]3CCCCC(C(=O)O)Nc4ccc(F)cc4-c4ccnc3c4)C2)O1. The molecule has 0 radical (unpaired) electrons. The highest BCUT2D eigenvalue weighted by Gasteiger charge is 2.49. The maximum absolute atomic E-state index is 15.4. The van der Waals surface area contributed by atoms with Crippen LogP contribution in [0.4, 0.5) is 25.0 Å². The van der Waals surface area contributed by atoms with E-state index < -0.39 is 41.3 Å². The lowest BCUT2D eigenvalue weighted by Gasteiger charge is -2.45. The Morgan fingerprint density at radius 2 is 1.86 bits per heavy atom. The minimum absolute atomic E-state index is 0.0707. The summed E-state index contributed by atoms with van der Waals surface area (Å²) in [5, 5.41) is 15.3. The molecule has 0 saturated carbocycles. The normalized spacial score (nSPS) is 23.4. The summed E-state index contributed by atoms with van der Waals surface area (Å²) in [7, 11) is 0. The molecule has 1 aromatic heterocycles. The third-order valence-corrected chi connectivity index (χ3v) is 8.73. The molecule has 1 saturated heterocycles. The Morgan fingerprint density at radius 3 is 2.67 bits per heavy atom. The van der Waals surface area contributed by atoms with E-state index in [1.807, 2.05) is 0 Å². The molecule has 6 rings (SSSR count). The third-order valence-electron chi connectivity index (χ3n) is 8.43. The van der Waals surface area contributed by atoms with E-state index >= 15 is 4.39 Å². The van der Waals surface area contributed by atoms with Crippen molar-refractivity contribution in [3.63, 3.8) is 0 Å². The van der Waals surface area contributed by atoms with Crippen LogP contribution in [0.3, 0.4) is 0 Å². The molecule has 0 aliphatic carbocycles. The van der Waals surface area contributed by atoms with Gasteiger partial charge in [0.1, 0.15) is 11.9 Å². The predicted molar refractivity (Wildman–Crippen MR) is 155 cm³/mol. The zero-order chi connectivity index (χ0) is 30.3. The van der Waals surface area contributed by atoms with Crippen molar-refractivity contribution in [2.45, 2.75) is 56.1 Å². The number of ether oxygens (including phenoxy) is 1. The number of rotatable bonds is 2. The minimum Gasteiger partial charge on any atom is -0.480 e. The van der Waals surface area contributed by atoms with Crippen LogP contribution in [0.1, 0.15) is 55.7 Å². The smallest absolute Gasteiger partial charge is 0.412 e. The summed E-state index contributed by atoms with van der Waals surface area (Å²) in [6.07, 6.45) is 3.27. The second kappa shape index (κ2) is 11.4. The fraction of sp³-hybridized carbons (Fsp3) is 0.355. The molecule has 3 aromatic rings. The summed E-state index contributed by atoms with van der Waals surface area (Å²) in [5.74, 6) is -3.22. The molecule has 3 atom stereocenters. The first-order valence-corrected chi connectivity index (χ1v) is 14.6. The highest BCUT2D eigenvalue weighted by atomic mass is 35.5. The van der Waals surface area contributed by atoms with E-state index in [1.54, 1.807) is 23.2 Å². The molecule has 3 N–H and O–H groups in total. The van der Waals surface area contributed by atoms with Crippen LogP contribution in [0.15, 0.2) is 48.7 Å². The van der Waals surface area contributed by atoms with Gasteiger partial charge in [0.15, 0.2) is 11.4 Å². The summed E-state index contributed by atoms with van der Waals surface area (Å²) in [5.41, 5.74) is 0.899. The van der Waals surface area contributed by atoms with E-state index in [2.05, 4.69) is 15.6 Å². The summed E-state index contributed by atoms with van der Waals surface area (Å²) in [6.45, 7) is 0.289. The number of likely N-dealkylation sites (tertiary alicyclic amines) is 1. The van der Waals surface area contributed by atoms with Gasteiger partial charge >= 0.3 is 12.1 Å². The van der Waals surface area contributed by atoms with Crippen LogP contribution in [0.25, 0.3) is 11.1 Å². The van der Waals surface area contributed by atoms with Gasteiger partial charge in [0, 0.05) is 24.0 Å². The molecule has 4 heterocycles. The van der Waals surface area contributed by atoms with Gasteiger partial charge in [-0.1, -0.05) is 24.4 Å². The first kappa shape index (κ1) is 28.9. The van der Waals surface area contributed by atoms with Crippen molar-refractivity contribution in [2.75, 3.05) is 23.7 Å². The van der Waals surface area contributed by atoms with E-state index in [0.29, 0.717) is 67.6 Å². The molecule has 1 fully saturated rings. The lowest BCUT2D eigenvalue weighted by Crippen LogP contribution is -2.54. The molecule has 43 heavy (non-hydrogen) atoms. The van der Waals surface area contributed by atoms with E-state index in [4.69, 9.17) is 16.3 Å². The average Bonchev–Trinajstić information content (AvgIpc) is 2.98. The Balaban J connectivity index is 1.37. The number of halogens is 3. The lowest BCUT2D eigenvalue weighted by atomic mass is 9.82. The van der Waals surface area contributed by atoms with Gasteiger partial charge in [-0.2, -0.15) is 0 Å². The number of fused-ring (bicyclic) bond motifs is 6. The van der Waals surface area contributed by atoms with Crippen molar-refractivity contribution in [1.82, 2.24) is 9.88 Å². The quantitative estimate of drug-likeness (QED) is 0.312. The van der Waals surface area contributed by atoms with Crippen LogP contribution in [-0.2, 0) is 19.9 Å². The maximum Gasteiger partial charge on any atom is 0.412 e. The van der Waals surface area contributed by atoms with Crippen LogP contribution in [0.5, 0.6) is 0 Å². The van der Waals surface area contributed by atoms with E-state index in [1.165, 1.54) is 30.3 Å². The second-order valence-corrected chi connectivity index (χ2v) is 11.6. The summed E-state index contributed by atoms with van der Waals surface area (Å²) in [4.78, 5) is 44.9. The molecule has 224 valence electrons. The highest BCUT2D eigenvalue weighted by molar-refractivity contribution is 6.31. The Morgan fingerprint density at radius 1 is 1.07 bits per heavy atom. The minimum atomic E-state index is -1.42. The Hall–Kier alpha value is -4.25. The van der Waals surface area contributed by atoms with Crippen molar-refractivity contribution in [3.05, 3.63) is 76.6 Å². The molecular weight excluding hydrogens is 582 g/mol. The van der Waals surface area contributed by atoms with Gasteiger partial charge in [-0.25, -0.2) is 18.4 Å². The van der Waals surface area contributed by atoms with Crippen LogP contribution < -0.4 is 10.6 Å². The first-order valence-electron chi connectivity index (χ1n) is 14.2. The number of carbonyl (C=O) groups is 3. The second-order valence-electron chi connectivity index (χ2n) is 11.2. The Bertz CT molecular complexity index is 1620. The van der Waals surface area contributed by atoms with Crippen LogP contribution >= 0.6 is 11.6 Å². The number of anilines is 2. The van der Waals surface area contributed by atoms with E-state index in [-0.39, 0.29) is 28.7 Å². The zero-order valence-corrected chi connectivity index (χ0v) is 23.8. The highest BCUT2D eigenvalue weighted by Crippen LogP contribution is 2.46. The van der Waals surface area contributed by atoms with Crippen molar-refractivity contribution in [1.29, 1.82) is 0 Å². The Labute approximate surface area is 251 Å². The third kappa shape index (κ3) is 5.49. The number of hydrogen-bond donors (Lipinski definition) is 3. The fourth-order valence-electron chi connectivity index (χ4n) is 6.41. The topological polar surface area (TPSA) is 121 Å². The molecule has 3 aliphatic heterocycles. The number of carboxylic acid groups (broad SMARTS) is 1. The first-order chi connectivity index (χ1) is 20.6. The van der Waals surface area contributed by atoms with Crippen molar-refractivity contribution in [3.8, 4) is 11.1 Å². The van der Waals surface area contributed by atoms with Crippen molar-refractivity contribution < 1.29 is 33.0 Å². The van der Waals surface area contributed by atoms with Crippen LogP contribution in [0, 0.1) is 11.6 Å². The summed E-state index contributed by atoms with van der Waals surface area (Å²) in [6, 6.07) is 9.46. The largest absolute Gasteiger partial charge is 0.480 e. The molecule has 9 nitrogen and oxygen atoms in total. The molecule has 12 heteroatoms. The van der Waals surface area contributed by atoms with Gasteiger partial charge in [-0.05, 0) is 73.7 Å². The summed E-state index contributed by atoms with van der Waals surface area (Å²) < 4.78 is 35.5.